The summed E-state index contributed by atoms with van der Waals surface area (Å²) in [5.74, 6) is 0.320. The molecule has 1 atom stereocenters. The number of rotatable bonds is 9. The first-order valence-corrected chi connectivity index (χ1v) is 9.49. The highest BCUT2D eigenvalue weighted by molar-refractivity contribution is 7.91. The Morgan fingerprint density at radius 2 is 2.05 bits per heavy atom. The molecule has 1 N–H and O–H groups in total. The highest BCUT2D eigenvalue weighted by atomic mass is 32.2. The predicted octanol–water partition coefficient (Wildman–Crippen LogP) is 2.56. The van der Waals surface area contributed by atoms with Gasteiger partial charge < -0.3 is 5.32 Å². The topological polar surface area (TPSA) is 46.2 Å². The number of nitrogens with one attached hydrogen (secondary N) is 1. The van der Waals surface area contributed by atoms with Crippen molar-refractivity contribution < 1.29 is 12.8 Å². The van der Waals surface area contributed by atoms with Gasteiger partial charge in [0.2, 0.25) is 0 Å². The van der Waals surface area contributed by atoms with E-state index >= 15 is 0 Å². The lowest BCUT2D eigenvalue weighted by Gasteiger charge is -2.18. The van der Waals surface area contributed by atoms with Gasteiger partial charge in [-0.15, -0.1) is 0 Å². The van der Waals surface area contributed by atoms with Gasteiger partial charge in [-0.3, -0.25) is 0 Å². The second kappa shape index (κ2) is 7.36. The van der Waals surface area contributed by atoms with Gasteiger partial charge in [0.05, 0.1) is 5.75 Å². The number of hydrogen-bond donors (Lipinski definition) is 1. The van der Waals surface area contributed by atoms with E-state index < -0.39 is 9.84 Å². The standard InChI is InChI=1S/C16H24FNO2S/c1-2-21(19,20)10-9-13(12-18-15-7-8-15)11-14-5-3-4-6-16(14)17/h3-6,13,15,18H,2,7-12H2,1H3. The maximum atomic E-state index is 13.8. The Bertz CT molecular complexity index is 555. The van der Waals surface area contributed by atoms with Crippen molar-refractivity contribution in [3.63, 3.8) is 0 Å². The van der Waals surface area contributed by atoms with Crippen LogP contribution in [0.25, 0.3) is 0 Å². The van der Waals surface area contributed by atoms with Crippen molar-refractivity contribution in [3.8, 4) is 0 Å². The van der Waals surface area contributed by atoms with Crippen molar-refractivity contribution >= 4 is 9.84 Å². The molecule has 1 fully saturated rings. The molecule has 1 unspecified atom stereocenters. The van der Waals surface area contributed by atoms with E-state index in [-0.39, 0.29) is 23.2 Å². The van der Waals surface area contributed by atoms with Crippen LogP contribution in [0.5, 0.6) is 0 Å². The molecule has 0 radical (unpaired) electrons. The molecule has 0 spiro atoms. The fourth-order valence-electron chi connectivity index (χ4n) is 2.36. The third-order valence-corrected chi connectivity index (χ3v) is 5.75. The molecule has 0 saturated heterocycles. The number of benzene rings is 1. The van der Waals surface area contributed by atoms with Crippen LogP contribution in [0.3, 0.4) is 0 Å². The van der Waals surface area contributed by atoms with E-state index in [4.69, 9.17) is 0 Å². The second-order valence-electron chi connectivity index (χ2n) is 5.87. The first kappa shape index (κ1) is 16.4. The Morgan fingerprint density at radius 3 is 2.67 bits per heavy atom. The molecule has 0 aromatic heterocycles. The third-order valence-electron chi connectivity index (χ3n) is 4.02. The van der Waals surface area contributed by atoms with Crippen LogP contribution in [0, 0.1) is 11.7 Å². The summed E-state index contributed by atoms with van der Waals surface area (Å²) >= 11 is 0. The molecule has 21 heavy (non-hydrogen) atoms. The summed E-state index contributed by atoms with van der Waals surface area (Å²) in [6.07, 6.45) is 3.56. The van der Waals surface area contributed by atoms with Crippen molar-refractivity contribution in [2.24, 2.45) is 5.92 Å². The van der Waals surface area contributed by atoms with E-state index in [0.717, 1.165) is 6.54 Å². The molecule has 1 aliphatic rings. The van der Waals surface area contributed by atoms with Gasteiger partial charge in [-0.05, 0) is 49.8 Å². The van der Waals surface area contributed by atoms with Crippen LogP contribution >= 0.6 is 0 Å². The number of halogens is 1. The molecule has 3 nitrogen and oxygen atoms in total. The van der Waals surface area contributed by atoms with Gasteiger partial charge in [0.25, 0.3) is 0 Å². The largest absolute Gasteiger partial charge is 0.314 e. The minimum Gasteiger partial charge on any atom is -0.314 e. The fraction of sp³-hybridized carbons (Fsp3) is 0.625. The molecule has 1 saturated carbocycles. The first-order valence-electron chi connectivity index (χ1n) is 7.67. The number of sulfone groups is 1. The van der Waals surface area contributed by atoms with Gasteiger partial charge in [0.1, 0.15) is 15.7 Å². The van der Waals surface area contributed by atoms with E-state index in [9.17, 15) is 12.8 Å². The Hall–Kier alpha value is -0.940. The lowest BCUT2D eigenvalue weighted by atomic mass is 9.96. The van der Waals surface area contributed by atoms with Gasteiger partial charge in [0.15, 0.2) is 0 Å². The minimum absolute atomic E-state index is 0.156. The van der Waals surface area contributed by atoms with E-state index in [0.29, 0.717) is 24.4 Å². The molecule has 118 valence electrons. The molecule has 0 aliphatic heterocycles. The van der Waals surface area contributed by atoms with Crippen LogP contribution in [0.15, 0.2) is 24.3 Å². The molecule has 0 heterocycles. The smallest absolute Gasteiger partial charge is 0.150 e. The predicted molar refractivity (Wildman–Crippen MR) is 83.6 cm³/mol. The highest BCUT2D eigenvalue weighted by Gasteiger charge is 2.23. The quantitative estimate of drug-likeness (QED) is 0.762. The van der Waals surface area contributed by atoms with Crippen LogP contribution in [0.1, 0.15) is 31.7 Å². The summed E-state index contributed by atoms with van der Waals surface area (Å²) in [7, 11) is -2.96. The third kappa shape index (κ3) is 5.75. The Labute approximate surface area is 126 Å². The Kier molecular flexibility index (Phi) is 5.76. The highest BCUT2D eigenvalue weighted by Crippen LogP contribution is 2.21. The van der Waals surface area contributed by atoms with Crippen LogP contribution < -0.4 is 5.32 Å². The average molecular weight is 313 g/mol. The van der Waals surface area contributed by atoms with E-state index in [1.54, 1.807) is 19.1 Å². The van der Waals surface area contributed by atoms with Crippen molar-refractivity contribution in [2.75, 3.05) is 18.1 Å². The molecule has 1 aliphatic carbocycles. The normalized spacial score (nSPS) is 16.9. The van der Waals surface area contributed by atoms with Crippen molar-refractivity contribution in [2.45, 2.75) is 38.6 Å². The number of hydrogen-bond acceptors (Lipinski definition) is 3. The zero-order chi connectivity index (χ0) is 15.3. The molecular formula is C16H24FNO2S. The van der Waals surface area contributed by atoms with Gasteiger partial charge in [0, 0.05) is 11.8 Å². The molecule has 5 heteroatoms. The minimum atomic E-state index is -2.96. The molecule has 2 rings (SSSR count). The first-order chi connectivity index (χ1) is 10.00. The lowest BCUT2D eigenvalue weighted by molar-refractivity contribution is 0.448. The van der Waals surface area contributed by atoms with Gasteiger partial charge in [-0.1, -0.05) is 25.1 Å². The summed E-state index contributed by atoms with van der Waals surface area (Å²) in [4.78, 5) is 0. The van der Waals surface area contributed by atoms with Crippen LogP contribution in [0.4, 0.5) is 4.39 Å². The Morgan fingerprint density at radius 1 is 1.33 bits per heavy atom. The summed E-state index contributed by atoms with van der Waals surface area (Å²) < 4.78 is 37.1. The molecular weight excluding hydrogens is 289 g/mol. The molecule has 0 bridgehead atoms. The van der Waals surface area contributed by atoms with Crippen molar-refractivity contribution in [1.82, 2.24) is 5.32 Å². The summed E-state index contributed by atoms with van der Waals surface area (Å²) in [6, 6.07) is 7.33. The summed E-state index contributed by atoms with van der Waals surface area (Å²) in [6.45, 7) is 2.43. The average Bonchev–Trinajstić information content (AvgIpc) is 3.28. The molecule has 1 aromatic rings. The monoisotopic (exact) mass is 313 g/mol. The summed E-state index contributed by atoms with van der Waals surface area (Å²) in [5.41, 5.74) is 0.675. The van der Waals surface area contributed by atoms with Crippen LogP contribution in [-0.2, 0) is 16.3 Å². The van der Waals surface area contributed by atoms with Gasteiger partial charge in [-0.2, -0.15) is 0 Å². The fourth-order valence-corrected chi connectivity index (χ4v) is 3.34. The Balaban J connectivity index is 1.95. The van der Waals surface area contributed by atoms with Crippen LogP contribution in [0.2, 0.25) is 0 Å². The zero-order valence-electron chi connectivity index (χ0n) is 12.5. The van der Waals surface area contributed by atoms with Crippen LogP contribution in [-0.4, -0.2) is 32.5 Å². The second-order valence-corrected chi connectivity index (χ2v) is 8.34. The van der Waals surface area contributed by atoms with Gasteiger partial charge in [-0.25, -0.2) is 12.8 Å². The van der Waals surface area contributed by atoms with E-state index in [2.05, 4.69) is 5.32 Å². The SMILES string of the molecule is CCS(=O)(=O)CCC(CNC1CC1)Cc1ccccc1F. The van der Waals surface area contributed by atoms with Gasteiger partial charge >= 0.3 is 0 Å². The molecule has 0 amide bonds. The maximum Gasteiger partial charge on any atom is 0.150 e. The maximum absolute atomic E-state index is 13.8. The van der Waals surface area contributed by atoms with E-state index in [1.807, 2.05) is 6.07 Å². The van der Waals surface area contributed by atoms with E-state index in [1.165, 1.54) is 18.9 Å². The zero-order valence-corrected chi connectivity index (χ0v) is 13.3. The van der Waals surface area contributed by atoms with Crippen molar-refractivity contribution in [3.05, 3.63) is 35.6 Å². The lowest BCUT2D eigenvalue weighted by Crippen LogP contribution is -2.28. The molecule has 1 aromatic carbocycles. The summed E-state index contributed by atoms with van der Waals surface area (Å²) in [5, 5.41) is 3.43. The van der Waals surface area contributed by atoms with Crippen molar-refractivity contribution in [1.29, 1.82) is 0 Å².